The molecule has 0 spiro atoms. The van der Waals surface area contributed by atoms with Gasteiger partial charge in [-0.05, 0) is 13.0 Å². The zero-order valence-electron chi connectivity index (χ0n) is 6.61. The van der Waals surface area contributed by atoms with Gasteiger partial charge in [-0.15, -0.1) is 0 Å². The molecule has 1 rings (SSSR count). The van der Waals surface area contributed by atoms with E-state index in [4.69, 9.17) is 0 Å². The highest BCUT2D eigenvalue weighted by atomic mass is 16.1. The van der Waals surface area contributed by atoms with Gasteiger partial charge < -0.3 is 0 Å². The molecule has 0 aliphatic carbocycles. The second-order valence-corrected chi connectivity index (χ2v) is 2.65. The quantitative estimate of drug-likeness (QED) is 0.455. The van der Waals surface area contributed by atoms with Gasteiger partial charge in [0.05, 0.1) is 0 Å². The van der Waals surface area contributed by atoms with E-state index in [1.54, 1.807) is 6.92 Å². The van der Waals surface area contributed by atoms with Gasteiger partial charge in [0.2, 0.25) is 0 Å². The molecule has 0 amide bonds. The maximum absolute atomic E-state index is 11.2. The van der Waals surface area contributed by atoms with E-state index in [9.17, 15) is 4.79 Å². The topological polar surface area (TPSA) is 53.2 Å². The Kier molecular flexibility index (Phi) is 2.38. The SMILES string of the molecule is C=CC(=O)C1(C)NCNCN1. The van der Waals surface area contributed by atoms with Crippen LogP contribution in [0.5, 0.6) is 0 Å². The van der Waals surface area contributed by atoms with E-state index < -0.39 is 5.66 Å². The molecule has 0 aromatic heterocycles. The predicted molar refractivity (Wildman–Crippen MR) is 42.8 cm³/mol. The Morgan fingerprint density at radius 3 is 2.55 bits per heavy atom. The van der Waals surface area contributed by atoms with Crippen LogP contribution in [0.15, 0.2) is 12.7 Å². The first-order valence-electron chi connectivity index (χ1n) is 3.57. The highest BCUT2D eigenvalue weighted by Gasteiger charge is 2.31. The first-order valence-corrected chi connectivity index (χ1v) is 3.57. The number of carbonyl (C=O) groups excluding carboxylic acids is 1. The second-order valence-electron chi connectivity index (χ2n) is 2.65. The van der Waals surface area contributed by atoms with Crippen molar-refractivity contribution in [1.29, 1.82) is 0 Å². The van der Waals surface area contributed by atoms with E-state index in [0.717, 1.165) is 0 Å². The maximum atomic E-state index is 11.2. The van der Waals surface area contributed by atoms with E-state index in [-0.39, 0.29) is 5.78 Å². The lowest BCUT2D eigenvalue weighted by atomic mass is 10.1. The molecule has 3 N–H and O–H groups in total. The molecule has 0 aromatic rings. The smallest absolute Gasteiger partial charge is 0.189 e. The summed E-state index contributed by atoms with van der Waals surface area (Å²) in [5.74, 6) is -0.0287. The van der Waals surface area contributed by atoms with Crippen molar-refractivity contribution in [3.05, 3.63) is 12.7 Å². The van der Waals surface area contributed by atoms with Gasteiger partial charge in [0.1, 0.15) is 5.66 Å². The molecule has 1 aliphatic rings. The van der Waals surface area contributed by atoms with Crippen LogP contribution in [0.3, 0.4) is 0 Å². The van der Waals surface area contributed by atoms with Crippen LogP contribution in [0.1, 0.15) is 6.92 Å². The normalized spacial score (nSPS) is 22.6. The van der Waals surface area contributed by atoms with Crippen LogP contribution in [0.4, 0.5) is 0 Å². The third kappa shape index (κ3) is 1.65. The Hall–Kier alpha value is -0.710. The second kappa shape index (κ2) is 3.13. The van der Waals surface area contributed by atoms with Crippen LogP contribution in [0, 0.1) is 0 Å². The minimum Gasteiger partial charge on any atom is -0.292 e. The minimum absolute atomic E-state index is 0.0287. The number of rotatable bonds is 2. The fourth-order valence-corrected chi connectivity index (χ4v) is 0.982. The van der Waals surface area contributed by atoms with Crippen molar-refractivity contribution in [2.24, 2.45) is 0 Å². The van der Waals surface area contributed by atoms with Gasteiger partial charge in [-0.1, -0.05) is 6.58 Å². The first kappa shape index (κ1) is 8.39. The molecule has 1 fully saturated rings. The molecule has 0 atom stereocenters. The van der Waals surface area contributed by atoms with Crippen LogP contribution < -0.4 is 16.0 Å². The standard InChI is InChI=1S/C7H13N3O/c1-3-6(11)7(2)9-4-8-5-10-7/h3,8-10H,1,4-5H2,2H3. The molecule has 0 radical (unpaired) electrons. The van der Waals surface area contributed by atoms with Gasteiger partial charge in [-0.3, -0.25) is 20.7 Å². The van der Waals surface area contributed by atoms with Gasteiger partial charge in [0.25, 0.3) is 0 Å². The van der Waals surface area contributed by atoms with E-state index in [1.807, 2.05) is 0 Å². The number of ketones is 1. The van der Waals surface area contributed by atoms with E-state index in [0.29, 0.717) is 13.3 Å². The van der Waals surface area contributed by atoms with Crippen LogP contribution in [0.25, 0.3) is 0 Å². The van der Waals surface area contributed by atoms with Crippen molar-refractivity contribution in [2.45, 2.75) is 12.6 Å². The van der Waals surface area contributed by atoms with Crippen molar-refractivity contribution in [2.75, 3.05) is 13.3 Å². The van der Waals surface area contributed by atoms with Gasteiger partial charge in [0, 0.05) is 13.3 Å². The maximum Gasteiger partial charge on any atom is 0.189 e. The van der Waals surface area contributed by atoms with E-state index in [2.05, 4.69) is 22.5 Å². The third-order valence-corrected chi connectivity index (χ3v) is 1.81. The number of carbonyl (C=O) groups is 1. The van der Waals surface area contributed by atoms with Crippen molar-refractivity contribution in [3.63, 3.8) is 0 Å². The minimum atomic E-state index is -0.632. The largest absolute Gasteiger partial charge is 0.292 e. The van der Waals surface area contributed by atoms with Gasteiger partial charge in [-0.2, -0.15) is 0 Å². The lowest BCUT2D eigenvalue weighted by molar-refractivity contribution is -0.122. The number of hydrogen-bond acceptors (Lipinski definition) is 4. The van der Waals surface area contributed by atoms with Gasteiger partial charge >= 0.3 is 0 Å². The zero-order chi connectivity index (χ0) is 8.32. The molecular weight excluding hydrogens is 142 g/mol. The third-order valence-electron chi connectivity index (χ3n) is 1.81. The van der Waals surface area contributed by atoms with Crippen LogP contribution in [-0.4, -0.2) is 24.8 Å². The monoisotopic (exact) mass is 155 g/mol. The Bertz CT molecular complexity index is 173. The Morgan fingerprint density at radius 2 is 2.09 bits per heavy atom. The molecule has 0 unspecified atom stereocenters. The fourth-order valence-electron chi connectivity index (χ4n) is 0.982. The number of nitrogens with one attached hydrogen (secondary N) is 3. The summed E-state index contributed by atoms with van der Waals surface area (Å²) in [6, 6.07) is 0. The Labute approximate surface area is 66.0 Å². The molecule has 0 bridgehead atoms. The molecule has 0 aromatic carbocycles. The van der Waals surface area contributed by atoms with Crippen molar-refractivity contribution in [1.82, 2.24) is 16.0 Å². The summed E-state index contributed by atoms with van der Waals surface area (Å²) in [5, 5.41) is 9.02. The molecule has 1 saturated heterocycles. The average molecular weight is 155 g/mol. The molecule has 11 heavy (non-hydrogen) atoms. The lowest BCUT2D eigenvalue weighted by Crippen LogP contribution is -2.67. The summed E-state index contributed by atoms with van der Waals surface area (Å²) in [4.78, 5) is 11.2. The summed E-state index contributed by atoms with van der Waals surface area (Å²) in [6.45, 7) is 6.52. The summed E-state index contributed by atoms with van der Waals surface area (Å²) < 4.78 is 0. The van der Waals surface area contributed by atoms with Crippen LogP contribution in [0.2, 0.25) is 0 Å². The molecule has 0 saturated carbocycles. The molecule has 1 aliphatic heterocycles. The van der Waals surface area contributed by atoms with Crippen molar-refractivity contribution >= 4 is 5.78 Å². The Morgan fingerprint density at radius 1 is 1.55 bits per heavy atom. The summed E-state index contributed by atoms with van der Waals surface area (Å²) >= 11 is 0. The highest BCUT2D eigenvalue weighted by molar-refractivity contribution is 5.96. The summed E-state index contributed by atoms with van der Waals surface area (Å²) in [6.07, 6.45) is 1.32. The Balaban J connectivity index is 2.63. The zero-order valence-corrected chi connectivity index (χ0v) is 6.61. The summed E-state index contributed by atoms with van der Waals surface area (Å²) in [7, 11) is 0. The lowest BCUT2D eigenvalue weighted by Gasteiger charge is -2.34. The molecule has 62 valence electrons. The number of hydrogen-bond donors (Lipinski definition) is 3. The molecule has 4 heteroatoms. The van der Waals surface area contributed by atoms with Crippen LogP contribution in [-0.2, 0) is 4.79 Å². The molecule has 1 heterocycles. The van der Waals surface area contributed by atoms with E-state index in [1.165, 1.54) is 6.08 Å². The van der Waals surface area contributed by atoms with Crippen LogP contribution >= 0.6 is 0 Å². The van der Waals surface area contributed by atoms with Gasteiger partial charge in [0.15, 0.2) is 5.78 Å². The summed E-state index contributed by atoms with van der Waals surface area (Å²) in [5.41, 5.74) is -0.632. The molecule has 4 nitrogen and oxygen atoms in total. The van der Waals surface area contributed by atoms with E-state index >= 15 is 0 Å². The van der Waals surface area contributed by atoms with Crippen molar-refractivity contribution in [3.8, 4) is 0 Å². The highest BCUT2D eigenvalue weighted by Crippen LogP contribution is 2.02. The fraction of sp³-hybridized carbons (Fsp3) is 0.571. The van der Waals surface area contributed by atoms with Gasteiger partial charge in [-0.25, -0.2) is 0 Å². The first-order chi connectivity index (χ1) is 5.19. The van der Waals surface area contributed by atoms with Crippen molar-refractivity contribution < 1.29 is 4.79 Å². The predicted octanol–water partition coefficient (Wildman–Crippen LogP) is -0.845. The molecular formula is C7H13N3O. The average Bonchev–Trinajstić information content (AvgIpc) is 2.04.